The van der Waals surface area contributed by atoms with Gasteiger partial charge >= 0.3 is 0 Å². The van der Waals surface area contributed by atoms with Crippen LogP contribution >= 0.6 is 0 Å². The predicted molar refractivity (Wildman–Crippen MR) is 58.2 cm³/mol. The zero-order valence-electron chi connectivity index (χ0n) is 8.88. The Balaban J connectivity index is 2.65. The molecule has 1 aromatic carbocycles. The van der Waals surface area contributed by atoms with E-state index in [9.17, 15) is 14.7 Å². The molecular formula is C11H14N2O3. The second-order valence-electron chi connectivity index (χ2n) is 3.45. The van der Waals surface area contributed by atoms with Gasteiger partial charge in [0.15, 0.2) is 6.10 Å². The van der Waals surface area contributed by atoms with Gasteiger partial charge in [-0.3, -0.25) is 9.59 Å². The first-order chi connectivity index (χ1) is 7.52. The molecule has 1 unspecified atom stereocenters. The Labute approximate surface area is 93.3 Å². The van der Waals surface area contributed by atoms with Gasteiger partial charge in [-0.05, 0) is 12.5 Å². The van der Waals surface area contributed by atoms with Crippen molar-refractivity contribution >= 4 is 11.8 Å². The van der Waals surface area contributed by atoms with Gasteiger partial charge in [0.2, 0.25) is 5.91 Å². The maximum Gasteiger partial charge on any atom is 0.254 e. The van der Waals surface area contributed by atoms with Crippen molar-refractivity contribution in [3.63, 3.8) is 0 Å². The Morgan fingerprint density at radius 3 is 2.38 bits per heavy atom. The van der Waals surface area contributed by atoms with Crippen molar-refractivity contribution in [1.29, 1.82) is 0 Å². The van der Waals surface area contributed by atoms with Crippen LogP contribution in [0.5, 0.6) is 0 Å². The van der Waals surface area contributed by atoms with E-state index >= 15 is 0 Å². The highest BCUT2D eigenvalue weighted by atomic mass is 16.3. The number of rotatable bonds is 4. The van der Waals surface area contributed by atoms with E-state index in [1.54, 1.807) is 30.3 Å². The lowest BCUT2D eigenvalue weighted by Gasteiger charge is -2.14. The van der Waals surface area contributed by atoms with Gasteiger partial charge in [0.25, 0.3) is 5.91 Å². The Morgan fingerprint density at radius 1 is 1.31 bits per heavy atom. The number of hydrogen-bond donors (Lipinski definition) is 3. The van der Waals surface area contributed by atoms with E-state index in [1.165, 1.54) is 6.92 Å². The van der Waals surface area contributed by atoms with E-state index in [0.717, 1.165) is 0 Å². The molecule has 0 aliphatic carbocycles. The summed E-state index contributed by atoms with van der Waals surface area (Å²) >= 11 is 0. The number of nitrogens with one attached hydrogen (secondary N) is 1. The number of aliphatic hydroxyl groups excluding tert-OH is 1. The number of primary amides is 1. The van der Waals surface area contributed by atoms with E-state index in [4.69, 9.17) is 5.73 Å². The molecule has 0 aliphatic rings. The number of benzene rings is 1. The van der Waals surface area contributed by atoms with Gasteiger partial charge in [-0.2, -0.15) is 0 Å². The van der Waals surface area contributed by atoms with Crippen molar-refractivity contribution in [3.05, 3.63) is 35.9 Å². The first-order valence-electron chi connectivity index (χ1n) is 4.85. The molecule has 1 aromatic rings. The van der Waals surface area contributed by atoms with Crippen LogP contribution in [0, 0.1) is 0 Å². The Kier molecular flexibility index (Phi) is 4.02. The summed E-state index contributed by atoms with van der Waals surface area (Å²) in [4.78, 5) is 22.2. The van der Waals surface area contributed by atoms with Gasteiger partial charge in [-0.25, -0.2) is 0 Å². The molecule has 0 aromatic heterocycles. The van der Waals surface area contributed by atoms with Crippen molar-refractivity contribution in [1.82, 2.24) is 5.32 Å². The number of nitrogens with two attached hydrogens (primary N) is 1. The summed E-state index contributed by atoms with van der Waals surface area (Å²) < 4.78 is 0. The van der Waals surface area contributed by atoms with Gasteiger partial charge in [0.05, 0.1) is 0 Å². The molecule has 0 spiro atoms. The highest BCUT2D eigenvalue weighted by Gasteiger charge is 2.20. The molecule has 0 saturated heterocycles. The number of aliphatic hydroxyl groups is 1. The third kappa shape index (κ3) is 3.06. The molecule has 0 radical (unpaired) electrons. The third-order valence-corrected chi connectivity index (χ3v) is 2.15. The zero-order valence-corrected chi connectivity index (χ0v) is 8.88. The quantitative estimate of drug-likeness (QED) is 0.653. The largest absolute Gasteiger partial charge is 0.378 e. The van der Waals surface area contributed by atoms with E-state index in [1.807, 2.05) is 0 Å². The molecule has 2 atom stereocenters. The van der Waals surface area contributed by atoms with E-state index in [-0.39, 0.29) is 0 Å². The second-order valence-corrected chi connectivity index (χ2v) is 3.45. The standard InChI is InChI=1S/C11H14N2O3/c1-7(10(12)15)13-11(16)9(14)8-5-3-2-4-6-8/h2-7,9,14H,1H3,(H2,12,15)(H,13,16)/t7?,9-/m0/s1. The minimum atomic E-state index is -1.29. The fraction of sp³-hybridized carbons (Fsp3) is 0.273. The number of hydrogen-bond acceptors (Lipinski definition) is 3. The van der Waals surface area contributed by atoms with Crippen LogP contribution in [0.1, 0.15) is 18.6 Å². The third-order valence-electron chi connectivity index (χ3n) is 2.15. The summed E-state index contributed by atoms with van der Waals surface area (Å²) in [5, 5.41) is 12.0. The lowest BCUT2D eigenvalue weighted by molar-refractivity contribution is -0.133. The highest BCUT2D eigenvalue weighted by molar-refractivity contribution is 5.88. The van der Waals surface area contributed by atoms with Crippen LogP contribution in [0.2, 0.25) is 0 Å². The molecule has 5 heteroatoms. The van der Waals surface area contributed by atoms with Crippen LogP contribution in [0.25, 0.3) is 0 Å². The van der Waals surface area contributed by atoms with Crippen LogP contribution in [-0.4, -0.2) is 23.0 Å². The second kappa shape index (κ2) is 5.27. The van der Waals surface area contributed by atoms with Crippen LogP contribution < -0.4 is 11.1 Å². The van der Waals surface area contributed by atoms with Crippen molar-refractivity contribution in [2.24, 2.45) is 5.73 Å². The minimum absolute atomic E-state index is 0.469. The number of amides is 2. The minimum Gasteiger partial charge on any atom is -0.378 e. The van der Waals surface area contributed by atoms with Gasteiger partial charge in [0, 0.05) is 0 Å². The lowest BCUT2D eigenvalue weighted by Crippen LogP contribution is -2.44. The fourth-order valence-corrected chi connectivity index (χ4v) is 1.15. The summed E-state index contributed by atoms with van der Waals surface area (Å²) in [6.45, 7) is 1.46. The van der Waals surface area contributed by atoms with Crippen molar-refractivity contribution < 1.29 is 14.7 Å². The fourth-order valence-electron chi connectivity index (χ4n) is 1.15. The molecule has 0 fully saturated rings. The van der Waals surface area contributed by atoms with Gasteiger partial charge in [-0.1, -0.05) is 30.3 Å². The van der Waals surface area contributed by atoms with Gasteiger partial charge in [-0.15, -0.1) is 0 Å². The smallest absolute Gasteiger partial charge is 0.254 e. The molecular weight excluding hydrogens is 208 g/mol. The topological polar surface area (TPSA) is 92.4 Å². The number of carbonyl (C=O) groups is 2. The summed E-state index contributed by atoms with van der Waals surface area (Å²) in [5.74, 6) is -1.29. The Morgan fingerprint density at radius 2 is 1.88 bits per heavy atom. The molecule has 0 saturated carbocycles. The van der Waals surface area contributed by atoms with Crippen molar-refractivity contribution in [2.75, 3.05) is 0 Å². The van der Waals surface area contributed by atoms with Crippen LogP contribution in [0.15, 0.2) is 30.3 Å². The molecule has 16 heavy (non-hydrogen) atoms. The van der Waals surface area contributed by atoms with E-state index < -0.39 is 24.0 Å². The molecule has 1 rings (SSSR count). The average molecular weight is 222 g/mol. The van der Waals surface area contributed by atoms with Crippen LogP contribution in [0.4, 0.5) is 0 Å². The first kappa shape index (κ1) is 12.2. The monoisotopic (exact) mass is 222 g/mol. The highest BCUT2D eigenvalue weighted by Crippen LogP contribution is 2.11. The Hall–Kier alpha value is -1.88. The van der Waals surface area contributed by atoms with Crippen molar-refractivity contribution in [2.45, 2.75) is 19.1 Å². The SMILES string of the molecule is CC(NC(=O)[C@@H](O)c1ccccc1)C(N)=O. The first-order valence-corrected chi connectivity index (χ1v) is 4.85. The summed E-state index contributed by atoms with van der Waals surface area (Å²) in [7, 11) is 0. The normalized spacial score (nSPS) is 13.9. The summed E-state index contributed by atoms with van der Waals surface area (Å²) in [6.07, 6.45) is -1.29. The zero-order chi connectivity index (χ0) is 12.1. The van der Waals surface area contributed by atoms with E-state index in [2.05, 4.69) is 5.32 Å². The molecule has 0 bridgehead atoms. The maximum atomic E-state index is 11.5. The summed E-state index contributed by atoms with van der Waals surface area (Å²) in [5.41, 5.74) is 5.46. The molecule has 5 nitrogen and oxygen atoms in total. The molecule has 2 amide bonds. The average Bonchev–Trinajstić information content (AvgIpc) is 2.28. The maximum absolute atomic E-state index is 11.5. The lowest BCUT2D eigenvalue weighted by atomic mass is 10.1. The van der Waals surface area contributed by atoms with E-state index in [0.29, 0.717) is 5.56 Å². The molecule has 4 N–H and O–H groups in total. The Bertz CT molecular complexity index is 378. The van der Waals surface area contributed by atoms with Gasteiger partial charge in [0.1, 0.15) is 6.04 Å². The van der Waals surface area contributed by atoms with Gasteiger partial charge < -0.3 is 16.2 Å². The van der Waals surface area contributed by atoms with Crippen LogP contribution in [0.3, 0.4) is 0 Å². The van der Waals surface area contributed by atoms with Crippen molar-refractivity contribution in [3.8, 4) is 0 Å². The number of carbonyl (C=O) groups excluding carboxylic acids is 2. The summed E-state index contributed by atoms with van der Waals surface area (Å²) in [6, 6.07) is 7.65. The molecule has 0 aliphatic heterocycles. The molecule has 86 valence electrons. The predicted octanol–water partition coefficient (Wildman–Crippen LogP) is -0.290. The molecule has 0 heterocycles. The van der Waals surface area contributed by atoms with Crippen LogP contribution in [-0.2, 0) is 9.59 Å².